The minimum atomic E-state index is -0.934. The normalized spacial score (nSPS) is 16.3. The maximum Gasteiger partial charge on any atom is 0.411 e. The first-order valence-corrected chi connectivity index (χ1v) is 12.9. The lowest BCUT2D eigenvalue weighted by atomic mass is 9.98. The fourth-order valence-corrected chi connectivity index (χ4v) is 5.36. The molecule has 11 heteroatoms. The molecule has 3 amide bonds. The van der Waals surface area contributed by atoms with Crippen molar-refractivity contribution in [2.24, 2.45) is 5.92 Å². The number of likely N-dealkylation sites (tertiary alicyclic amines) is 1. The SMILES string of the molecule is CC(C)(C)OC(=O)N1CCC(COC(=O)Nc2ccccc2-c2nc3c(s2)CN(C(=O)O)CC3)CC1. The summed E-state index contributed by atoms with van der Waals surface area (Å²) in [5.74, 6) is 0.174. The van der Waals surface area contributed by atoms with Gasteiger partial charge in [-0.25, -0.2) is 19.4 Å². The van der Waals surface area contributed by atoms with Crippen molar-refractivity contribution < 1.29 is 29.0 Å². The van der Waals surface area contributed by atoms with Gasteiger partial charge in [0.2, 0.25) is 0 Å². The van der Waals surface area contributed by atoms with E-state index in [1.807, 2.05) is 39.0 Å². The average Bonchev–Trinajstić information content (AvgIpc) is 3.25. The first-order chi connectivity index (χ1) is 17.1. The van der Waals surface area contributed by atoms with E-state index < -0.39 is 17.8 Å². The van der Waals surface area contributed by atoms with Crippen LogP contribution in [0.3, 0.4) is 0 Å². The molecule has 2 aliphatic heterocycles. The van der Waals surface area contributed by atoms with Crippen LogP contribution in [0.5, 0.6) is 0 Å². The molecule has 4 rings (SSSR count). The van der Waals surface area contributed by atoms with E-state index in [2.05, 4.69) is 5.32 Å². The number of hydrogen-bond acceptors (Lipinski definition) is 7. The van der Waals surface area contributed by atoms with Crippen LogP contribution in [0.4, 0.5) is 20.1 Å². The average molecular weight is 517 g/mol. The predicted octanol–water partition coefficient (Wildman–Crippen LogP) is 5.04. The zero-order chi connectivity index (χ0) is 25.9. The summed E-state index contributed by atoms with van der Waals surface area (Å²) in [7, 11) is 0. The van der Waals surface area contributed by atoms with Crippen LogP contribution in [-0.2, 0) is 22.4 Å². The second kappa shape index (κ2) is 10.7. The highest BCUT2D eigenvalue weighted by atomic mass is 32.1. The third-order valence-corrected chi connectivity index (χ3v) is 7.23. The molecule has 0 radical (unpaired) electrons. The van der Waals surface area contributed by atoms with Crippen molar-refractivity contribution in [1.82, 2.24) is 14.8 Å². The lowest BCUT2D eigenvalue weighted by molar-refractivity contribution is 0.0152. The van der Waals surface area contributed by atoms with Crippen LogP contribution in [0.15, 0.2) is 24.3 Å². The van der Waals surface area contributed by atoms with E-state index in [-0.39, 0.29) is 18.6 Å². The second-order valence-corrected chi connectivity index (χ2v) is 11.1. The van der Waals surface area contributed by atoms with Crippen molar-refractivity contribution >= 4 is 35.3 Å². The van der Waals surface area contributed by atoms with Gasteiger partial charge in [0.25, 0.3) is 0 Å². The molecule has 0 bridgehead atoms. The predicted molar refractivity (Wildman–Crippen MR) is 135 cm³/mol. The number of nitrogens with one attached hydrogen (secondary N) is 1. The summed E-state index contributed by atoms with van der Waals surface area (Å²) in [6.45, 7) is 7.70. The Morgan fingerprint density at radius 1 is 1.14 bits per heavy atom. The highest BCUT2D eigenvalue weighted by molar-refractivity contribution is 7.15. The molecule has 0 atom stereocenters. The number of aromatic nitrogens is 1. The molecule has 0 unspecified atom stereocenters. The van der Waals surface area contributed by atoms with E-state index in [0.29, 0.717) is 38.3 Å². The monoisotopic (exact) mass is 516 g/mol. The number of fused-ring (bicyclic) bond motifs is 1. The Morgan fingerprint density at radius 3 is 2.56 bits per heavy atom. The third-order valence-electron chi connectivity index (χ3n) is 6.11. The summed E-state index contributed by atoms with van der Waals surface area (Å²) in [6, 6.07) is 7.36. The van der Waals surface area contributed by atoms with Crippen LogP contribution < -0.4 is 5.32 Å². The molecule has 10 nitrogen and oxygen atoms in total. The summed E-state index contributed by atoms with van der Waals surface area (Å²) in [5, 5.41) is 12.8. The number of carboxylic acid groups (broad SMARTS) is 1. The van der Waals surface area contributed by atoms with Gasteiger partial charge < -0.3 is 24.4 Å². The number of piperidine rings is 1. The molecule has 1 aromatic heterocycles. The third kappa shape index (κ3) is 6.45. The summed E-state index contributed by atoms with van der Waals surface area (Å²) < 4.78 is 10.9. The van der Waals surface area contributed by atoms with Crippen LogP contribution >= 0.6 is 11.3 Å². The number of amides is 3. The lowest BCUT2D eigenvalue weighted by Crippen LogP contribution is -2.42. The zero-order valence-electron chi connectivity index (χ0n) is 20.8. The Kier molecular flexibility index (Phi) is 7.67. The number of carbonyl (C=O) groups excluding carboxylic acids is 2. The van der Waals surface area contributed by atoms with Crippen molar-refractivity contribution in [3.05, 3.63) is 34.8 Å². The highest BCUT2D eigenvalue weighted by Crippen LogP contribution is 2.35. The Labute approximate surface area is 214 Å². The fraction of sp³-hybridized carbons (Fsp3) is 0.520. The first kappa shape index (κ1) is 25.7. The van der Waals surface area contributed by atoms with E-state index in [4.69, 9.17) is 14.5 Å². The molecular weight excluding hydrogens is 484 g/mol. The molecule has 0 aliphatic carbocycles. The summed E-state index contributed by atoms with van der Waals surface area (Å²) in [5.41, 5.74) is 1.73. The highest BCUT2D eigenvalue weighted by Gasteiger charge is 2.28. The minimum absolute atomic E-state index is 0.174. The Morgan fingerprint density at radius 2 is 1.86 bits per heavy atom. The lowest BCUT2D eigenvalue weighted by Gasteiger charge is -2.33. The van der Waals surface area contributed by atoms with E-state index >= 15 is 0 Å². The van der Waals surface area contributed by atoms with Crippen molar-refractivity contribution in [3.8, 4) is 10.6 Å². The molecule has 1 saturated heterocycles. The molecule has 3 heterocycles. The number of para-hydroxylation sites is 1. The number of ether oxygens (including phenoxy) is 2. The van der Waals surface area contributed by atoms with Crippen molar-refractivity contribution in [1.29, 1.82) is 0 Å². The maximum absolute atomic E-state index is 12.6. The maximum atomic E-state index is 12.6. The molecule has 0 spiro atoms. The molecule has 0 saturated carbocycles. The van der Waals surface area contributed by atoms with E-state index in [0.717, 1.165) is 34.0 Å². The molecular formula is C25H32N4O6S. The number of carbonyl (C=O) groups is 3. The van der Waals surface area contributed by atoms with Gasteiger partial charge in [0.05, 0.1) is 24.5 Å². The van der Waals surface area contributed by atoms with Crippen LogP contribution in [0.2, 0.25) is 0 Å². The molecule has 1 aromatic carbocycles. The molecule has 2 N–H and O–H groups in total. The Balaban J connectivity index is 1.31. The largest absolute Gasteiger partial charge is 0.465 e. The van der Waals surface area contributed by atoms with Gasteiger partial charge in [0.1, 0.15) is 10.6 Å². The number of anilines is 1. The van der Waals surface area contributed by atoms with Gasteiger partial charge in [-0.2, -0.15) is 0 Å². The van der Waals surface area contributed by atoms with Crippen LogP contribution in [-0.4, -0.2) is 70.0 Å². The fourth-order valence-electron chi connectivity index (χ4n) is 4.20. The van der Waals surface area contributed by atoms with E-state index in [1.54, 1.807) is 11.0 Å². The van der Waals surface area contributed by atoms with Gasteiger partial charge >= 0.3 is 18.3 Å². The summed E-state index contributed by atoms with van der Waals surface area (Å²) in [6.07, 6.45) is 0.257. The number of nitrogens with zero attached hydrogens (tertiary/aromatic N) is 3. The molecule has 2 aliphatic rings. The van der Waals surface area contributed by atoms with Gasteiger partial charge in [0.15, 0.2) is 0 Å². The minimum Gasteiger partial charge on any atom is -0.465 e. The number of benzene rings is 1. The van der Waals surface area contributed by atoms with Crippen LogP contribution in [0.25, 0.3) is 10.6 Å². The molecule has 1 fully saturated rings. The topological polar surface area (TPSA) is 121 Å². The van der Waals surface area contributed by atoms with Crippen molar-refractivity contribution in [2.75, 3.05) is 31.6 Å². The Bertz CT molecular complexity index is 1120. The van der Waals surface area contributed by atoms with E-state index in [9.17, 15) is 19.5 Å². The van der Waals surface area contributed by atoms with Gasteiger partial charge in [-0.05, 0) is 51.7 Å². The second-order valence-electron chi connectivity index (χ2n) is 10.0. The van der Waals surface area contributed by atoms with Crippen LogP contribution in [0, 0.1) is 5.92 Å². The van der Waals surface area contributed by atoms with E-state index in [1.165, 1.54) is 16.2 Å². The molecule has 36 heavy (non-hydrogen) atoms. The smallest absolute Gasteiger partial charge is 0.411 e. The zero-order valence-corrected chi connectivity index (χ0v) is 21.6. The number of rotatable bonds is 4. The van der Waals surface area contributed by atoms with Gasteiger partial charge in [0, 0.05) is 36.5 Å². The molecule has 2 aromatic rings. The first-order valence-electron chi connectivity index (χ1n) is 12.1. The van der Waals surface area contributed by atoms with Crippen LogP contribution in [0.1, 0.15) is 44.2 Å². The standard InChI is InChI=1S/C25H32N4O6S/c1-25(2,3)35-24(33)28-11-8-16(9-12-28)15-34-22(30)27-18-7-5-4-6-17(18)21-26-19-10-13-29(23(31)32)14-20(19)36-21/h4-7,16H,8-15H2,1-3H3,(H,27,30)(H,31,32). The van der Waals surface area contributed by atoms with Gasteiger partial charge in [-0.15, -0.1) is 11.3 Å². The summed E-state index contributed by atoms with van der Waals surface area (Å²) >= 11 is 1.44. The van der Waals surface area contributed by atoms with Gasteiger partial charge in [-0.1, -0.05) is 12.1 Å². The Hall–Kier alpha value is -3.34. The van der Waals surface area contributed by atoms with Gasteiger partial charge in [-0.3, -0.25) is 5.32 Å². The quantitative estimate of drug-likeness (QED) is 0.584. The molecule has 194 valence electrons. The summed E-state index contributed by atoms with van der Waals surface area (Å²) in [4.78, 5) is 44.8. The van der Waals surface area contributed by atoms with Crippen molar-refractivity contribution in [2.45, 2.75) is 52.2 Å². The number of thiazole rings is 1. The van der Waals surface area contributed by atoms with Crippen molar-refractivity contribution in [3.63, 3.8) is 0 Å². The number of hydrogen-bond donors (Lipinski definition) is 2.